The van der Waals surface area contributed by atoms with Crippen molar-refractivity contribution in [3.05, 3.63) is 36.1 Å². The number of carbonyl (C=O) groups excluding carboxylic acids is 1. The van der Waals surface area contributed by atoms with Crippen LogP contribution >= 0.6 is 0 Å². The third-order valence-corrected chi connectivity index (χ3v) is 1.82. The van der Waals surface area contributed by atoms with Gasteiger partial charge >= 0.3 is 0 Å². The summed E-state index contributed by atoms with van der Waals surface area (Å²) in [5.74, 6) is -0.0690. The highest BCUT2D eigenvalue weighted by Crippen LogP contribution is 2.04. The summed E-state index contributed by atoms with van der Waals surface area (Å²) >= 11 is 0. The predicted molar refractivity (Wildman–Crippen MR) is 52.7 cm³/mol. The fourth-order valence-corrected chi connectivity index (χ4v) is 1.03. The van der Waals surface area contributed by atoms with Gasteiger partial charge in [-0.3, -0.25) is 4.79 Å². The number of amides is 1. The van der Waals surface area contributed by atoms with E-state index in [1.54, 1.807) is 12.2 Å². The van der Waals surface area contributed by atoms with E-state index in [4.69, 9.17) is 5.73 Å². The lowest BCUT2D eigenvalue weighted by Gasteiger charge is -1.96. The maximum Gasteiger partial charge on any atom is 0.248 e. The van der Waals surface area contributed by atoms with Crippen molar-refractivity contribution in [2.75, 3.05) is 6.54 Å². The molecule has 0 aliphatic carbocycles. The van der Waals surface area contributed by atoms with E-state index in [0.29, 0.717) is 18.0 Å². The minimum atomic E-state index is -0.382. The zero-order valence-electron chi connectivity index (χ0n) is 7.66. The lowest BCUT2D eigenvalue weighted by atomic mass is 10.1. The summed E-state index contributed by atoms with van der Waals surface area (Å²) < 4.78 is 0. The van der Waals surface area contributed by atoms with Crippen molar-refractivity contribution >= 4 is 5.91 Å². The van der Waals surface area contributed by atoms with Crippen molar-refractivity contribution in [1.82, 2.24) is 5.32 Å². The number of hydrogen-bond acceptors (Lipinski definition) is 2. The molecule has 1 unspecified atom stereocenters. The molecule has 3 N–H and O–H groups in total. The summed E-state index contributed by atoms with van der Waals surface area (Å²) in [7, 11) is 0. The Morgan fingerprint density at radius 2 is 2.38 bits per heavy atom. The molecule has 1 rings (SSSR count). The molecular formula is C10H14N2O. The van der Waals surface area contributed by atoms with E-state index in [2.05, 4.69) is 5.32 Å². The Kier molecular flexibility index (Phi) is 3.31. The van der Waals surface area contributed by atoms with Gasteiger partial charge in [0.1, 0.15) is 0 Å². The molecule has 0 spiro atoms. The van der Waals surface area contributed by atoms with Crippen molar-refractivity contribution in [2.45, 2.75) is 6.92 Å². The van der Waals surface area contributed by atoms with Gasteiger partial charge in [0.25, 0.3) is 0 Å². The first-order chi connectivity index (χ1) is 6.20. The third-order valence-electron chi connectivity index (χ3n) is 1.82. The van der Waals surface area contributed by atoms with Crippen LogP contribution in [0.5, 0.6) is 0 Å². The molecule has 0 saturated carbocycles. The van der Waals surface area contributed by atoms with Gasteiger partial charge in [0.05, 0.1) is 0 Å². The first-order valence-electron chi connectivity index (χ1n) is 4.28. The fraction of sp³-hybridized carbons (Fsp3) is 0.300. The Bertz CT molecular complexity index is 277. The number of rotatable bonds is 1. The summed E-state index contributed by atoms with van der Waals surface area (Å²) in [5.41, 5.74) is 5.74. The molecule has 1 atom stereocenters. The van der Waals surface area contributed by atoms with Crippen LogP contribution in [-0.4, -0.2) is 12.5 Å². The third kappa shape index (κ3) is 3.15. The molecule has 0 bridgehead atoms. The van der Waals surface area contributed by atoms with Crippen LogP contribution in [0.3, 0.4) is 0 Å². The summed E-state index contributed by atoms with van der Waals surface area (Å²) in [5, 5.41) is 3.04. The fourth-order valence-electron chi connectivity index (χ4n) is 1.03. The predicted octanol–water partition coefficient (Wildman–Crippen LogP) is 0.707. The Balaban J connectivity index is 2.80. The largest absolute Gasteiger partial charge is 0.388 e. The van der Waals surface area contributed by atoms with Gasteiger partial charge in [-0.2, -0.15) is 0 Å². The molecule has 3 nitrogen and oxygen atoms in total. The van der Waals surface area contributed by atoms with Crippen LogP contribution < -0.4 is 11.1 Å². The molecule has 0 saturated heterocycles. The van der Waals surface area contributed by atoms with E-state index in [1.807, 2.05) is 25.3 Å². The normalized spacial score (nSPS) is 31.2. The highest BCUT2D eigenvalue weighted by atomic mass is 16.1. The van der Waals surface area contributed by atoms with Crippen LogP contribution in [0.1, 0.15) is 6.92 Å². The van der Waals surface area contributed by atoms with Crippen LogP contribution in [0.25, 0.3) is 0 Å². The number of nitrogens with two attached hydrogens (primary N) is 1. The molecule has 1 aliphatic rings. The number of carbonyl (C=O) groups is 1. The van der Waals surface area contributed by atoms with Crippen LogP contribution in [0.2, 0.25) is 0 Å². The van der Waals surface area contributed by atoms with Gasteiger partial charge in [-0.1, -0.05) is 31.2 Å². The quantitative estimate of drug-likeness (QED) is 0.621. The van der Waals surface area contributed by atoms with Crippen LogP contribution in [0.4, 0.5) is 0 Å². The molecule has 0 aromatic heterocycles. The van der Waals surface area contributed by atoms with Crippen LogP contribution in [-0.2, 0) is 4.79 Å². The van der Waals surface area contributed by atoms with Gasteiger partial charge in [0, 0.05) is 12.1 Å². The molecule has 1 amide bonds. The summed E-state index contributed by atoms with van der Waals surface area (Å²) in [6.07, 6.45) is 9.40. The van der Waals surface area contributed by atoms with Gasteiger partial charge in [-0.25, -0.2) is 0 Å². The average molecular weight is 178 g/mol. The smallest absolute Gasteiger partial charge is 0.248 e. The second-order valence-corrected chi connectivity index (χ2v) is 3.01. The SMILES string of the molecule is CC1/C=C\NC/C=C(C(N)=O)\C=C/1. The summed E-state index contributed by atoms with van der Waals surface area (Å²) in [6, 6.07) is 0. The van der Waals surface area contributed by atoms with Crippen molar-refractivity contribution in [2.24, 2.45) is 11.7 Å². The highest BCUT2D eigenvalue weighted by Gasteiger charge is 2.01. The van der Waals surface area contributed by atoms with Crippen molar-refractivity contribution in [3.8, 4) is 0 Å². The second-order valence-electron chi connectivity index (χ2n) is 3.01. The Labute approximate surface area is 78.0 Å². The first-order valence-corrected chi connectivity index (χ1v) is 4.28. The maximum atomic E-state index is 10.9. The standard InChI is InChI=1S/C10H14N2O/c1-8-2-3-9(10(11)13)5-7-12-6-4-8/h2-6,8,12H,7H2,1H3,(H2,11,13)/b3-2-,6-4-,9-5+. The van der Waals surface area contributed by atoms with Gasteiger partial charge < -0.3 is 11.1 Å². The molecule has 70 valence electrons. The molecule has 1 heterocycles. The van der Waals surface area contributed by atoms with Crippen LogP contribution in [0.15, 0.2) is 36.1 Å². The monoisotopic (exact) mass is 178 g/mol. The molecular weight excluding hydrogens is 164 g/mol. The zero-order valence-corrected chi connectivity index (χ0v) is 7.66. The average Bonchev–Trinajstić information content (AvgIpc) is 2.17. The van der Waals surface area contributed by atoms with Crippen LogP contribution in [0, 0.1) is 5.92 Å². The van der Waals surface area contributed by atoms with Crippen molar-refractivity contribution in [1.29, 1.82) is 0 Å². The van der Waals surface area contributed by atoms with E-state index in [1.165, 1.54) is 0 Å². The molecule has 1 aliphatic heterocycles. The number of primary amides is 1. The molecule has 0 aromatic carbocycles. The van der Waals surface area contributed by atoms with Crippen molar-refractivity contribution < 1.29 is 4.79 Å². The van der Waals surface area contributed by atoms with E-state index in [0.717, 1.165) is 0 Å². The Morgan fingerprint density at radius 1 is 1.62 bits per heavy atom. The molecule has 13 heavy (non-hydrogen) atoms. The Hall–Kier alpha value is -1.51. The molecule has 0 aromatic rings. The molecule has 3 heteroatoms. The topological polar surface area (TPSA) is 55.1 Å². The Morgan fingerprint density at radius 3 is 3.08 bits per heavy atom. The summed E-state index contributed by atoms with van der Waals surface area (Å²) in [6.45, 7) is 2.67. The number of nitrogens with one attached hydrogen (secondary N) is 1. The van der Waals surface area contributed by atoms with E-state index in [-0.39, 0.29) is 5.91 Å². The zero-order chi connectivity index (χ0) is 9.68. The van der Waals surface area contributed by atoms with Gasteiger partial charge in [0.2, 0.25) is 5.91 Å². The van der Waals surface area contributed by atoms with E-state index in [9.17, 15) is 4.79 Å². The van der Waals surface area contributed by atoms with Gasteiger partial charge in [-0.05, 0) is 12.1 Å². The lowest BCUT2D eigenvalue weighted by molar-refractivity contribution is -0.114. The maximum absolute atomic E-state index is 10.9. The lowest BCUT2D eigenvalue weighted by Crippen LogP contribution is -2.14. The molecule has 0 fully saturated rings. The minimum Gasteiger partial charge on any atom is -0.388 e. The summed E-state index contributed by atoms with van der Waals surface area (Å²) in [4.78, 5) is 10.9. The van der Waals surface area contributed by atoms with E-state index >= 15 is 0 Å². The van der Waals surface area contributed by atoms with Gasteiger partial charge in [0.15, 0.2) is 0 Å². The minimum absolute atomic E-state index is 0.313. The first kappa shape index (κ1) is 9.58. The second kappa shape index (κ2) is 4.50. The highest BCUT2D eigenvalue weighted by molar-refractivity contribution is 5.94. The van der Waals surface area contributed by atoms with Gasteiger partial charge in [-0.15, -0.1) is 0 Å². The molecule has 0 radical (unpaired) electrons. The number of hydrogen-bond donors (Lipinski definition) is 2. The van der Waals surface area contributed by atoms with Crippen molar-refractivity contribution in [3.63, 3.8) is 0 Å². The number of allylic oxidation sites excluding steroid dienone is 2. The van der Waals surface area contributed by atoms with E-state index < -0.39 is 0 Å².